The van der Waals surface area contributed by atoms with Crippen LogP contribution < -0.4 is 9.47 Å². The number of epoxide rings is 1. The molecule has 1 aromatic rings. The molecule has 0 amide bonds. The van der Waals surface area contributed by atoms with Gasteiger partial charge in [0.05, 0.1) is 6.10 Å². The van der Waals surface area contributed by atoms with Gasteiger partial charge in [-0.2, -0.15) is 4.57 Å². The van der Waals surface area contributed by atoms with Crippen molar-refractivity contribution in [1.29, 1.82) is 0 Å². The van der Waals surface area contributed by atoms with Crippen molar-refractivity contribution < 1.29 is 24.0 Å². The molecule has 6 nitrogen and oxygen atoms in total. The van der Waals surface area contributed by atoms with E-state index in [2.05, 4.69) is 26.8 Å². The Morgan fingerprint density at radius 3 is 2.63 bits per heavy atom. The summed E-state index contributed by atoms with van der Waals surface area (Å²) in [6.45, 7) is 6.57. The van der Waals surface area contributed by atoms with Gasteiger partial charge < -0.3 is 14.7 Å². The van der Waals surface area contributed by atoms with Gasteiger partial charge in [0.2, 0.25) is 12.3 Å². The van der Waals surface area contributed by atoms with E-state index in [1.54, 1.807) is 6.08 Å². The van der Waals surface area contributed by atoms with Gasteiger partial charge in [0, 0.05) is 42.7 Å². The number of allylic oxidation sites excluding steroid dienone is 2. The summed E-state index contributed by atoms with van der Waals surface area (Å²) >= 11 is 0. The lowest BCUT2D eigenvalue weighted by Crippen LogP contribution is -2.63. The number of carbonyl (C=O) groups is 2. The Labute approximate surface area is 207 Å². The molecular formula is C29H37N2O4+. The third-order valence-electron chi connectivity index (χ3n) is 10.7. The highest BCUT2D eigenvalue weighted by Crippen LogP contribution is 2.76. The molecule has 1 aromatic heterocycles. The lowest BCUT2D eigenvalue weighted by Gasteiger charge is -2.55. The summed E-state index contributed by atoms with van der Waals surface area (Å²) in [4.78, 5) is 28.0. The maximum absolute atomic E-state index is 13.9. The number of anilines is 1. The van der Waals surface area contributed by atoms with Crippen LogP contribution in [0.4, 0.5) is 5.69 Å². The first-order chi connectivity index (χ1) is 16.5. The number of hydrogen-bond acceptors (Lipinski definition) is 5. The van der Waals surface area contributed by atoms with Crippen LogP contribution in [0, 0.1) is 28.6 Å². The quantitative estimate of drug-likeness (QED) is 0.533. The Morgan fingerprint density at radius 2 is 1.94 bits per heavy atom. The molecule has 4 fully saturated rings. The van der Waals surface area contributed by atoms with E-state index in [1.165, 1.54) is 5.57 Å². The van der Waals surface area contributed by atoms with Gasteiger partial charge in [0.1, 0.15) is 11.2 Å². The van der Waals surface area contributed by atoms with Gasteiger partial charge in [-0.15, -0.1) is 0 Å². The highest BCUT2D eigenvalue weighted by molar-refractivity contribution is 6.01. The molecule has 0 radical (unpaired) electrons. The summed E-state index contributed by atoms with van der Waals surface area (Å²) in [5.74, 6) is 0.319. The zero-order chi connectivity index (χ0) is 25.0. The third kappa shape index (κ3) is 2.76. The third-order valence-corrected chi connectivity index (χ3v) is 10.7. The van der Waals surface area contributed by atoms with E-state index in [-0.39, 0.29) is 53.0 Å². The molecule has 186 valence electrons. The van der Waals surface area contributed by atoms with Crippen LogP contribution in [-0.2, 0) is 20.9 Å². The number of Topliss-reactive ketones (excluding diaryl/α,β-unsaturated/α-hetero) is 1. The van der Waals surface area contributed by atoms with E-state index < -0.39 is 11.0 Å². The van der Waals surface area contributed by atoms with Crippen molar-refractivity contribution in [3.63, 3.8) is 0 Å². The van der Waals surface area contributed by atoms with Crippen molar-refractivity contribution in [1.82, 2.24) is 0 Å². The molecule has 1 aliphatic heterocycles. The van der Waals surface area contributed by atoms with E-state index >= 15 is 0 Å². The van der Waals surface area contributed by atoms with Crippen LogP contribution in [0.5, 0.6) is 0 Å². The summed E-state index contributed by atoms with van der Waals surface area (Å²) in [5, 5.41) is 12.2. The number of pyridine rings is 1. The van der Waals surface area contributed by atoms with Crippen LogP contribution in [0.3, 0.4) is 0 Å². The van der Waals surface area contributed by atoms with Crippen LogP contribution in [0.25, 0.3) is 0 Å². The van der Waals surface area contributed by atoms with Crippen LogP contribution in [0.2, 0.25) is 0 Å². The largest absolute Gasteiger partial charge is 0.381 e. The topological polar surface area (TPSA) is 74.0 Å². The zero-order valence-electron chi connectivity index (χ0n) is 21.5. The molecule has 0 aromatic carbocycles. The van der Waals surface area contributed by atoms with E-state index in [1.807, 2.05) is 54.2 Å². The highest BCUT2D eigenvalue weighted by atomic mass is 16.6. The lowest BCUT2D eigenvalue weighted by molar-refractivity contribution is -0.685. The van der Waals surface area contributed by atoms with Crippen molar-refractivity contribution in [2.24, 2.45) is 28.6 Å². The summed E-state index contributed by atoms with van der Waals surface area (Å²) in [6.07, 6.45) is 12.7. The molecule has 6 rings (SSSR count). The fourth-order valence-electron chi connectivity index (χ4n) is 8.72. The van der Waals surface area contributed by atoms with Gasteiger partial charge in [-0.1, -0.05) is 25.5 Å². The fourth-order valence-corrected chi connectivity index (χ4v) is 8.72. The van der Waals surface area contributed by atoms with Crippen molar-refractivity contribution in [3.05, 3.63) is 48.3 Å². The second-order valence-electron chi connectivity index (χ2n) is 12.3. The number of nitrogens with zero attached hydrogens (tertiary/aromatic N) is 2. The zero-order valence-corrected chi connectivity index (χ0v) is 21.5. The number of ether oxygens (including phenoxy) is 1. The Kier molecular flexibility index (Phi) is 4.71. The normalized spacial score (nSPS) is 45.1. The predicted octanol–water partition coefficient (Wildman–Crippen LogP) is 3.03. The lowest BCUT2D eigenvalue weighted by atomic mass is 9.46. The monoisotopic (exact) mass is 477 g/mol. The van der Waals surface area contributed by atoms with Crippen LogP contribution >= 0.6 is 0 Å². The number of aliphatic hydroxyl groups is 1. The molecule has 1 N–H and O–H groups in total. The van der Waals surface area contributed by atoms with E-state index in [0.29, 0.717) is 6.42 Å². The molecule has 4 aliphatic carbocycles. The van der Waals surface area contributed by atoms with Crippen LogP contribution in [0.1, 0.15) is 46.5 Å². The number of rotatable bonds is 4. The number of aromatic nitrogens is 1. The Balaban J connectivity index is 1.32. The summed E-state index contributed by atoms with van der Waals surface area (Å²) in [5.41, 5.74) is -0.271. The minimum atomic E-state index is -1.39. The van der Waals surface area contributed by atoms with Gasteiger partial charge in [-0.05, 0) is 62.5 Å². The molecule has 2 heterocycles. The summed E-state index contributed by atoms with van der Waals surface area (Å²) in [7, 11) is 3.98. The molecule has 35 heavy (non-hydrogen) atoms. The Bertz CT molecular complexity index is 1170. The van der Waals surface area contributed by atoms with Gasteiger partial charge >= 0.3 is 0 Å². The van der Waals surface area contributed by atoms with Gasteiger partial charge in [-0.3, -0.25) is 9.59 Å². The number of ketones is 2. The maximum Gasteiger partial charge on any atom is 0.229 e. The van der Waals surface area contributed by atoms with Crippen LogP contribution in [-0.4, -0.2) is 48.1 Å². The molecule has 0 unspecified atom stereocenters. The first kappa shape index (κ1) is 23.1. The molecule has 1 saturated heterocycles. The van der Waals surface area contributed by atoms with Crippen molar-refractivity contribution >= 4 is 17.3 Å². The fraction of sp³-hybridized carbons (Fsp3) is 0.621. The second kappa shape index (κ2) is 7.13. The molecule has 6 heteroatoms. The minimum absolute atomic E-state index is 0.00282. The van der Waals surface area contributed by atoms with Crippen LogP contribution in [0.15, 0.2) is 48.3 Å². The average molecular weight is 478 g/mol. The minimum Gasteiger partial charge on any atom is -0.381 e. The molecule has 0 bridgehead atoms. The molecule has 1 spiro atoms. The van der Waals surface area contributed by atoms with Crippen molar-refractivity contribution in [2.45, 2.75) is 70.3 Å². The summed E-state index contributed by atoms with van der Waals surface area (Å²) in [6, 6.07) is 3.98. The smallest absolute Gasteiger partial charge is 0.229 e. The van der Waals surface area contributed by atoms with E-state index in [9.17, 15) is 14.7 Å². The van der Waals surface area contributed by atoms with E-state index in [0.717, 1.165) is 24.9 Å². The molecule has 8 atom stereocenters. The Hall–Kier alpha value is -2.31. The van der Waals surface area contributed by atoms with Crippen molar-refractivity contribution in [2.75, 3.05) is 19.0 Å². The van der Waals surface area contributed by atoms with Gasteiger partial charge in [0.15, 0.2) is 18.2 Å². The number of carbonyl (C=O) groups excluding carboxylic acids is 2. The average Bonchev–Trinajstić information content (AvgIpc) is 3.49. The first-order valence-electron chi connectivity index (χ1n) is 13.0. The molecule has 3 saturated carbocycles. The first-order valence-corrected chi connectivity index (χ1v) is 13.0. The molecule has 5 aliphatic rings. The van der Waals surface area contributed by atoms with Crippen molar-refractivity contribution in [3.8, 4) is 0 Å². The standard InChI is InChI=1S/C29H37N2O4/c1-18-14-23-22-7-6-19-15-21(32)8-11-26(19,2)29(22)25(35-29)16-27(23,3)28(18,34)24(33)17-31-12-9-20(10-13-31)30(4)5/h8-13,15,18,22-23,25,34H,6-7,14,16-17H2,1-5H3/q+1/t18-,22+,23+,25+,26+,27+,28+,29-/m1/s1. The number of hydrogen-bond donors (Lipinski definition) is 1. The SMILES string of the molecule is C[C@@H]1C[C@H]2[C@@H]3CCC4=CC(=O)C=C[C@]4(C)[C@@]34O[C@H]4C[C@]2(C)[C@@]1(O)C(=O)C[n+]1ccc(N(C)C)cc1. The Morgan fingerprint density at radius 1 is 1.23 bits per heavy atom. The van der Waals surface area contributed by atoms with Gasteiger partial charge in [-0.25, -0.2) is 0 Å². The highest BCUT2D eigenvalue weighted by Gasteiger charge is 2.82. The summed E-state index contributed by atoms with van der Waals surface area (Å²) < 4.78 is 8.48. The number of fused-ring (bicyclic) bond motifs is 3. The van der Waals surface area contributed by atoms with Gasteiger partial charge in [0.25, 0.3) is 0 Å². The predicted molar refractivity (Wildman–Crippen MR) is 132 cm³/mol. The molecular weight excluding hydrogens is 440 g/mol. The van der Waals surface area contributed by atoms with E-state index in [4.69, 9.17) is 4.74 Å². The maximum atomic E-state index is 13.9. The second-order valence-corrected chi connectivity index (χ2v) is 12.3.